The average molecular weight is 257 g/mol. The second-order valence-electron chi connectivity index (χ2n) is 4.83. The third-order valence-corrected chi connectivity index (χ3v) is 3.10. The Bertz CT molecular complexity index is 307. The van der Waals surface area contributed by atoms with E-state index in [1.54, 1.807) is 0 Å². The number of amides is 2. The summed E-state index contributed by atoms with van der Waals surface area (Å²) in [4.78, 5) is 24.9. The highest BCUT2D eigenvalue weighted by molar-refractivity contribution is 5.86. The van der Waals surface area contributed by atoms with Crippen LogP contribution in [-0.2, 0) is 14.3 Å². The molecule has 2 unspecified atom stereocenters. The maximum absolute atomic E-state index is 12.4. The molecule has 0 aromatic rings. The molecule has 0 saturated carbocycles. The minimum Gasteiger partial charge on any atom is -0.379 e. The topological polar surface area (TPSA) is 84.7 Å². The summed E-state index contributed by atoms with van der Waals surface area (Å²) in [6.07, 6.45) is 0. The molecule has 1 heterocycles. The summed E-state index contributed by atoms with van der Waals surface area (Å²) < 4.78 is 5.35. The van der Waals surface area contributed by atoms with Gasteiger partial charge in [0.15, 0.2) is 0 Å². The van der Waals surface area contributed by atoms with Crippen molar-refractivity contribution in [2.75, 3.05) is 26.3 Å². The molecule has 0 radical (unpaired) electrons. The van der Waals surface area contributed by atoms with Gasteiger partial charge in [-0.25, -0.2) is 0 Å². The second-order valence-corrected chi connectivity index (χ2v) is 4.83. The summed E-state index contributed by atoms with van der Waals surface area (Å²) >= 11 is 0. The molecule has 0 bridgehead atoms. The van der Waals surface area contributed by atoms with Gasteiger partial charge in [-0.15, -0.1) is 0 Å². The van der Waals surface area contributed by atoms with Crippen LogP contribution in [0.25, 0.3) is 0 Å². The van der Waals surface area contributed by atoms with Crippen molar-refractivity contribution in [1.82, 2.24) is 10.2 Å². The standard InChI is InChI=1S/C12H23N3O3/c1-4-14-10-7-18-6-9(10)12(17)15(8(2)3)5-11(13)16/h8-10,14H,4-7H2,1-3H3,(H2,13,16). The van der Waals surface area contributed by atoms with Crippen LogP contribution < -0.4 is 11.1 Å². The molecule has 0 aromatic heterocycles. The highest BCUT2D eigenvalue weighted by atomic mass is 16.5. The van der Waals surface area contributed by atoms with Gasteiger partial charge in [-0.3, -0.25) is 9.59 Å². The average Bonchev–Trinajstić information content (AvgIpc) is 2.73. The van der Waals surface area contributed by atoms with Crippen molar-refractivity contribution in [2.24, 2.45) is 11.7 Å². The summed E-state index contributed by atoms with van der Waals surface area (Å²) in [5, 5.41) is 3.23. The van der Waals surface area contributed by atoms with Gasteiger partial charge >= 0.3 is 0 Å². The lowest BCUT2D eigenvalue weighted by molar-refractivity contribution is -0.141. The number of hydrogen-bond donors (Lipinski definition) is 2. The van der Waals surface area contributed by atoms with Crippen LogP contribution >= 0.6 is 0 Å². The fourth-order valence-electron chi connectivity index (χ4n) is 2.16. The highest BCUT2D eigenvalue weighted by Gasteiger charge is 2.37. The van der Waals surface area contributed by atoms with E-state index in [0.717, 1.165) is 6.54 Å². The lowest BCUT2D eigenvalue weighted by atomic mass is 10.0. The number of carbonyl (C=O) groups is 2. The third kappa shape index (κ3) is 3.68. The Hall–Kier alpha value is -1.14. The predicted molar refractivity (Wildman–Crippen MR) is 67.8 cm³/mol. The van der Waals surface area contributed by atoms with Crippen molar-refractivity contribution in [3.63, 3.8) is 0 Å². The Morgan fingerprint density at radius 2 is 2.11 bits per heavy atom. The smallest absolute Gasteiger partial charge is 0.237 e. The van der Waals surface area contributed by atoms with E-state index in [4.69, 9.17) is 10.5 Å². The molecular formula is C12H23N3O3. The van der Waals surface area contributed by atoms with E-state index in [0.29, 0.717) is 13.2 Å². The Kier molecular flexibility index (Phi) is 5.55. The fraction of sp³-hybridized carbons (Fsp3) is 0.833. The molecule has 2 atom stereocenters. The second kappa shape index (κ2) is 6.70. The normalized spacial score (nSPS) is 23.3. The molecule has 0 spiro atoms. The summed E-state index contributed by atoms with van der Waals surface area (Å²) in [5.74, 6) is -0.782. The number of primary amides is 1. The lowest BCUT2D eigenvalue weighted by Gasteiger charge is -2.29. The summed E-state index contributed by atoms with van der Waals surface area (Å²) in [7, 11) is 0. The van der Waals surface area contributed by atoms with Crippen molar-refractivity contribution >= 4 is 11.8 Å². The van der Waals surface area contributed by atoms with Crippen molar-refractivity contribution < 1.29 is 14.3 Å². The maximum Gasteiger partial charge on any atom is 0.237 e. The van der Waals surface area contributed by atoms with E-state index in [1.807, 2.05) is 20.8 Å². The minimum absolute atomic E-state index is 0.0247. The van der Waals surface area contributed by atoms with Crippen molar-refractivity contribution in [1.29, 1.82) is 0 Å². The van der Waals surface area contributed by atoms with E-state index >= 15 is 0 Å². The SMILES string of the molecule is CCNC1COCC1C(=O)N(CC(N)=O)C(C)C. The molecular weight excluding hydrogens is 234 g/mol. The zero-order chi connectivity index (χ0) is 13.7. The molecule has 18 heavy (non-hydrogen) atoms. The number of rotatable bonds is 6. The number of likely N-dealkylation sites (N-methyl/N-ethyl adjacent to an activating group) is 1. The van der Waals surface area contributed by atoms with Crippen LogP contribution in [0.5, 0.6) is 0 Å². The first-order valence-corrected chi connectivity index (χ1v) is 6.37. The van der Waals surface area contributed by atoms with Gasteiger partial charge in [0.05, 0.1) is 25.7 Å². The molecule has 104 valence electrons. The largest absolute Gasteiger partial charge is 0.379 e. The van der Waals surface area contributed by atoms with Gasteiger partial charge < -0.3 is 20.7 Å². The van der Waals surface area contributed by atoms with Gasteiger partial charge in [-0.05, 0) is 20.4 Å². The number of hydrogen-bond acceptors (Lipinski definition) is 4. The van der Waals surface area contributed by atoms with Crippen LogP contribution in [-0.4, -0.2) is 55.1 Å². The van der Waals surface area contributed by atoms with Crippen molar-refractivity contribution in [3.8, 4) is 0 Å². The minimum atomic E-state index is -0.490. The number of nitrogens with two attached hydrogens (primary N) is 1. The molecule has 1 aliphatic rings. The molecule has 0 aromatic carbocycles. The quantitative estimate of drug-likeness (QED) is 0.661. The highest BCUT2D eigenvalue weighted by Crippen LogP contribution is 2.18. The summed E-state index contributed by atoms with van der Waals surface area (Å²) in [6.45, 7) is 7.42. The molecule has 3 N–H and O–H groups in total. The Balaban J connectivity index is 2.72. The van der Waals surface area contributed by atoms with Crippen LogP contribution in [0.1, 0.15) is 20.8 Å². The summed E-state index contributed by atoms with van der Waals surface area (Å²) in [6, 6.07) is -0.0236. The fourth-order valence-corrected chi connectivity index (χ4v) is 2.16. The van der Waals surface area contributed by atoms with Gasteiger partial charge in [0, 0.05) is 12.1 Å². The maximum atomic E-state index is 12.4. The van der Waals surface area contributed by atoms with Gasteiger partial charge in [0.1, 0.15) is 0 Å². The molecule has 6 heteroatoms. The molecule has 2 amide bonds. The third-order valence-electron chi connectivity index (χ3n) is 3.10. The summed E-state index contributed by atoms with van der Waals surface area (Å²) in [5.41, 5.74) is 5.18. The van der Waals surface area contributed by atoms with Crippen molar-refractivity contribution in [2.45, 2.75) is 32.9 Å². The molecule has 1 fully saturated rings. The zero-order valence-electron chi connectivity index (χ0n) is 11.3. The number of nitrogens with one attached hydrogen (secondary N) is 1. The van der Waals surface area contributed by atoms with E-state index < -0.39 is 5.91 Å². The van der Waals surface area contributed by atoms with E-state index in [2.05, 4.69) is 5.32 Å². The van der Waals surface area contributed by atoms with Gasteiger partial charge in [0.25, 0.3) is 0 Å². The van der Waals surface area contributed by atoms with Crippen LogP contribution in [0, 0.1) is 5.92 Å². The van der Waals surface area contributed by atoms with E-state index in [1.165, 1.54) is 4.90 Å². The zero-order valence-corrected chi connectivity index (χ0v) is 11.3. The van der Waals surface area contributed by atoms with Gasteiger partial charge in [-0.1, -0.05) is 6.92 Å². The lowest BCUT2D eigenvalue weighted by Crippen LogP contribution is -2.50. The molecule has 1 rings (SSSR count). The van der Waals surface area contributed by atoms with E-state index in [-0.39, 0.29) is 30.5 Å². The van der Waals surface area contributed by atoms with E-state index in [9.17, 15) is 9.59 Å². The van der Waals surface area contributed by atoms with Crippen LogP contribution in [0.15, 0.2) is 0 Å². The van der Waals surface area contributed by atoms with Crippen LogP contribution in [0.2, 0.25) is 0 Å². The first-order chi connectivity index (χ1) is 8.47. The number of carbonyl (C=O) groups excluding carboxylic acids is 2. The predicted octanol–water partition coefficient (Wildman–Crippen LogP) is -0.667. The van der Waals surface area contributed by atoms with Crippen molar-refractivity contribution in [3.05, 3.63) is 0 Å². The van der Waals surface area contributed by atoms with Gasteiger partial charge in [-0.2, -0.15) is 0 Å². The Morgan fingerprint density at radius 1 is 1.44 bits per heavy atom. The number of ether oxygens (including phenoxy) is 1. The van der Waals surface area contributed by atoms with Crippen LogP contribution in [0.3, 0.4) is 0 Å². The molecule has 0 aliphatic carbocycles. The Morgan fingerprint density at radius 3 is 2.61 bits per heavy atom. The Labute approximate surface area is 108 Å². The molecule has 1 aliphatic heterocycles. The van der Waals surface area contributed by atoms with Gasteiger partial charge in [0.2, 0.25) is 11.8 Å². The number of nitrogens with zero attached hydrogens (tertiary/aromatic N) is 1. The molecule has 6 nitrogen and oxygen atoms in total. The molecule has 1 saturated heterocycles. The monoisotopic (exact) mass is 257 g/mol. The van der Waals surface area contributed by atoms with Crippen LogP contribution in [0.4, 0.5) is 0 Å². The first kappa shape index (κ1) is 14.9. The first-order valence-electron chi connectivity index (χ1n) is 6.37.